The molecule has 1 amide bonds. The lowest BCUT2D eigenvalue weighted by Gasteiger charge is -2.13. The summed E-state index contributed by atoms with van der Waals surface area (Å²) in [7, 11) is 0. The van der Waals surface area contributed by atoms with Crippen molar-refractivity contribution in [2.75, 3.05) is 17.6 Å². The molecular weight excluding hydrogens is 336 g/mol. The highest BCUT2D eigenvalue weighted by atomic mass is 16.1. The van der Waals surface area contributed by atoms with Gasteiger partial charge >= 0.3 is 0 Å². The molecule has 27 heavy (non-hydrogen) atoms. The van der Waals surface area contributed by atoms with E-state index < -0.39 is 0 Å². The summed E-state index contributed by atoms with van der Waals surface area (Å²) < 4.78 is 0. The van der Waals surface area contributed by atoms with Crippen LogP contribution in [0.2, 0.25) is 0 Å². The smallest absolute Gasteiger partial charge is 0.255 e. The fourth-order valence-electron chi connectivity index (χ4n) is 2.33. The van der Waals surface area contributed by atoms with Gasteiger partial charge in [0.05, 0.1) is 17.1 Å². The molecule has 0 aromatic heterocycles. The van der Waals surface area contributed by atoms with Gasteiger partial charge in [-0.25, -0.2) is 0 Å². The first kappa shape index (κ1) is 19.7. The van der Waals surface area contributed by atoms with Crippen LogP contribution >= 0.6 is 0 Å². The Hall–Kier alpha value is -3.60. The molecule has 1 aliphatic rings. The standard InChI is InChI=1S/C22H24N4O/c1-3-5-8-16(4-2)14-25-15-18-13-17(11-12-19(18)23)22(27)26-21-10-7-6-9-20(21)24/h3-13,15,23,25H,2,14,24H2,1H3,(H,26,27)/b5-3-,16-8+,18-15-,23-19?. The van der Waals surface area contributed by atoms with Crippen molar-refractivity contribution in [3.63, 3.8) is 0 Å². The highest BCUT2D eigenvalue weighted by Crippen LogP contribution is 2.20. The van der Waals surface area contributed by atoms with E-state index in [9.17, 15) is 4.79 Å². The number of rotatable bonds is 7. The summed E-state index contributed by atoms with van der Waals surface area (Å²) in [5.74, 6) is -0.276. The van der Waals surface area contributed by atoms with Gasteiger partial charge in [0, 0.05) is 23.9 Å². The predicted molar refractivity (Wildman–Crippen MR) is 114 cm³/mol. The van der Waals surface area contributed by atoms with E-state index in [2.05, 4.69) is 17.2 Å². The number of para-hydroxylation sites is 2. The molecule has 0 atom stereocenters. The topological polar surface area (TPSA) is 91.0 Å². The second-order valence-electron chi connectivity index (χ2n) is 5.84. The van der Waals surface area contributed by atoms with Gasteiger partial charge < -0.3 is 21.8 Å². The van der Waals surface area contributed by atoms with Crippen molar-refractivity contribution in [2.45, 2.75) is 6.92 Å². The van der Waals surface area contributed by atoms with Crippen molar-refractivity contribution in [2.24, 2.45) is 0 Å². The van der Waals surface area contributed by atoms with Crippen molar-refractivity contribution in [3.05, 3.63) is 96.3 Å². The van der Waals surface area contributed by atoms with E-state index in [4.69, 9.17) is 11.1 Å². The minimum absolute atomic E-state index is 0.276. The first-order chi connectivity index (χ1) is 13.0. The number of amides is 1. The van der Waals surface area contributed by atoms with Crippen LogP contribution in [0.25, 0.3) is 0 Å². The van der Waals surface area contributed by atoms with E-state index >= 15 is 0 Å². The van der Waals surface area contributed by atoms with Crippen molar-refractivity contribution in [1.82, 2.24) is 5.32 Å². The highest BCUT2D eigenvalue weighted by Gasteiger charge is 2.14. The van der Waals surface area contributed by atoms with E-state index in [1.165, 1.54) is 0 Å². The van der Waals surface area contributed by atoms with Crippen LogP contribution in [0.5, 0.6) is 0 Å². The number of hydrogen-bond donors (Lipinski definition) is 4. The van der Waals surface area contributed by atoms with Crippen LogP contribution in [-0.2, 0) is 4.79 Å². The minimum Gasteiger partial charge on any atom is -0.397 e. The van der Waals surface area contributed by atoms with E-state index in [0.717, 1.165) is 5.57 Å². The summed E-state index contributed by atoms with van der Waals surface area (Å²) in [6.07, 6.45) is 14.2. The average molecular weight is 360 g/mol. The van der Waals surface area contributed by atoms with Gasteiger partial charge in [0.1, 0.15) is 0 Å². The second kappa shape index (κ2) is 9.77. The van der Waals surface area contributed by atoms with Crippen LogP contribution in [-0.4, -0.2) is 18.2 Å². The molecule has 5 heteroatoms. The first-order valence-corrected chi connectivity index (χ1v) is 8.57. The summed E-state index contributed by atoms with van der Waals surface area (Å²) >= 11 is 0. The third-order valence-corrected chi connectivity index (χ3v) is 3.85. The maximum absolute atomic E-state index is 12.5. The fourth-order valence-corrected chi connectivity index (χ4v) is 2.33. The van der Waals surface area contributed by atoms with Crippen molar-refractivity contribution >= 4 is 23.0 Å². The SMILES string of the molecule is C=C/C(=C\C=C/C)CN/C=C1/C=C(C(=O)Nc2ccccc2N)C=CC1=N. The molecule has 0 fully saturated rings. The Morgan fingerprint density at radius 2 is 2.07 bits per heavy atom. The predicted octanol–water partition coefficient (Wildman–Crippen LogP) is 3.89. The summed E-state index contributed by atoms with van der Waals surface area (Å²) in [6.45, 7) is 6.31. The molecule has 0 heterocycles. The maximum atomic E-state index is 12.5. The Morgan fingerprint density at radius 3 is 2.78 bits per heavy atom. The molecule has 5 N–H and O–H groups in total. The van der Waals surface area contributed by atoms with E-state index in [-0.39, 0.29) is 5.91 Å². The van der Waals surface area contributed by atoms with Gasteiger partial charge in [-0.3, -0.25) is 4.79 Å². The van der Waals surface area contributed by atoms with Gasteiger partial charge in [0.15, 0.2) is 0 Å². The Labute approximate surface area is 159 Å². The van der Waals surface area contributed by atoms with Gasteiger partial charge in [0.25, 0.3) is 5.91 Å². The van der Waals surface area contributed by atoms with E-state index in [1.54, 1.807) is 54.8 Å². The molecular formula is C22H24N4O. The fraction of sp³-hybridized carbons (Fsp3) is 0.0909. The number of hydrogen-bond acceptors (Lipinski definition) is 4. The summed E-state index contributed by atoms with van der Waals surface area (Å²) in [4.78, 5) is 12.5. The minimum atomic E-state index is -0.276. The lowest BCUT2D eigenvalue weighted by Crippen LogP contribution is -2.18. The molecule has 1 aliphatic carbocycles. The van der Waals surface area contributed by atoms with Crippen LogP contribution in [0.3, 0.4) is 0 Å². The largest absolute Gasteiger partial charge is 0.397 e. The van der Waals surface area contributed by atoms with Gasteiger partial charge in [-0.05, 0) is 42.9 Å². The quantitative estimate of drug-likeness (QED) is 0.439. The molecule has 0 spiro atoms. The number of nitrogens with one attached hydrogen (secondary N) is 3. The second-order valence-corrected chi connectivity index (χ2v) is 5.84. The highest BCUT2D eigenvalue weighted by molar-refractivity contribution is 6.16. The van der Waals surface area contributed by atoms with Crippen LogP contribution < -0.4 is 16.4 Å². The number of carbonyl (C=O) groups excluding carboxylic acids is 1. The number of benzene rings is 1. The Kier molecular flexibility index (Phi) is 7.14. The molecule has 0 aliphatic heterocycles. The molecule has 0 bridgehead atoms. The molecule has 1 aromatic carbocycles. The molecule has 5 nitrogen and oxygen atoms in total. The molecule has 2 rings (SSSR count). The summed E-state index contributed by atoms with van der Waals surface area (Å²) in [5, 5.41) is 14.0. The van der Waals surface area contributed by atoms with Crippen LogP contribution in [0.4, 0.5) is 11.4 Å². The van der Waals surface area contributed by atoms with Gasteiger partial charge in [-0.2, -0.15) is 0 Å². The Balaban J connectivity index is 2.09. The summed E-state index contributed by atoms with van der Waals surface area (Å²) in [5.41, 5.74) is 9.35. The third-order valence-electron chi connectivity index (χ3n) is 3.85. The van der Waals surface area contributed by atoms with Crippen molar-refractivity contribution < 1.29 is 4.79 Å². The van der Waals surface area contributed by atoms with Crippen LogP contribution in [0.1, 0.15) is 6.92 Å². The summed E-state index contributed by atoms with van der Waals surface area (Å²) in [6, 6.07) is 7.08. The zero-order chi connectivity index (χ0) is 19.6. The Bertz CT molecular complexity index is 885. The number of allylic oxidation sites excluding steroid dienone is 6. The van der Waals surface area contributed by atoms with Gasteiger partial charge in [-0.1, -0.05) is 43.0 Å². The number of nitrogens with two attached hydrogens (primary N) is 1. The average Bonchev–Trinajstić information content (AvgIpc) is 2.67. The molecule has 0 radical (unpaired) electrons. The number of nitrogen functional groups attached to an aromatic ring is 1. The zero-order valence-corrected chi connectivity index (χ0v) is 15.3. The van der Waals surface area contributed by atoms with Gasteiger partial charge in [-0.15, -0.1) is 0 Å². The lowest BCUT2D eigenvalue weighted by molar-refractivity contribution is -0.112. The first-order valence-electron chi connectivity index (χ1n) is 8.57. The molecule has 0 saturated heterocycles. The lowest BCUT2D eigenvalue weighted by atomic mass is 10.00. The monoisotopic (exact) mass is 360 g/mol. The maximum Gasteiger partial charge on any atom is 0.255 e. The Morgan fingerprint density at radius 1 is 1.30 bits per heavy atom. The normalized spacial score (nSPS) is 15.7. The molecule has 0 saturated carbocycles. The molecule has 0 unspecified atom stereocenters. The van der Waals surface area contributed by atoms with E-state index in [0.29, 0.717) is 34.8 Å². The van der Waals surface area contributed by atoms with E-state index in [1.807, 2.05) is 25.2 Å². The van der Waals surface area contributed by atoms with Gasteiger partial charge in [0.2, 0.25) is 0 Å². The molecule has 138 valence electrons. The van der Waals surface area contributed by atoms with Crippen LogP contribution in [0.15, 0.2) is 96.3 Å². The third kappa shape index (κ3) is 5.71. The molecule has 1 aromatic rings. The zero-order valence-electron chi connectivity index (χ0n) is 15.3. The van der Waals surface area contributed by atoms with Crippen molar-refractivity contribution in [3.8, 4) is 0 Å². The van der Waals surface area contributed by atoms with Crippen molar-refractivity contribution in [1.29, 1.82) is 5.41 Å². The number of carbonyl (C=O) groups is 1. The number of anilines is 2. The van der Waals surface area contributed by atoms with Crippen LogP contribution in [0, 0.1) is 5.41 Å².